The Morgan fingerprint density at radius 2 is 2.38 bits per heavy atom. The molecule has 0 radical (unpaired) electrons. The Bertz CT molecular complexity index is 440. The van der Waals surface area contributed by atoms with E-state index in [2.05, 4.69) is 21.2 Å². The van der Waals surface area contributed by atoms with Crippen molar-refractivity contribution in [3.05, 3.63) is 28.2 Å². The van der Waals surface area contributed by atoms with Crippen molar-refractivity contribution in [2.45, 2.75) is 19.4 Å². The summed E-state index contributed by atoms with van der Waals surface area (Å²) < 4.78 is 0.695. The van der Waals surface area contributed by atoms with Crippen molar-refractivity contribution >= 4 is 21.8 Å². The molecule has 1 aromatic rings. The minimum absolute atomic E-state index is 0.103. The van der Waals surface area contributed by atoms with Crippen molar-refractivity contribution in [2.24, 2.45) is 0 Å². The third-order valence-corrected chi connectivity index (χ3v) is 2.57. The van der Waals surface area contributed by atoms with Gasteiger partial charge in [-0.1, -0.05) is 22.9 Å². The second-order valence-corrected chi connectivity index (χ2v) is 4.14. The van der Waals surface area contributed by atoms with E-state index < -0.39 is 11.9 Å². The van der Waals surface area contributed by atoms with Crippen molar-refractivity contribution in [3.63, 3.8) is 0 Å². The van der Waals surface area contributed by atoms with Crippen LogP contribution in [-0.2, 0) is 0 Å². The fourth-order valence-electron chi connectivity index (χ4n) is 1.15. The average Bonchev–Trinajstić information content (AvgIpc) is 2.28. The molecule has 1 aromatic carbocycles. The fraction of sp³-hybridized carbons (Fsp3) is 0.273. The number of nitrogens with zero attached hydrogens (tertiary/aromatic N) is 1. The van der Waals surface area contributed by atoms with Crippen LogP contribution in [0.5, 0.6) is 5.75 Å². The number of hydrogen-bond acceptors (Lipinski definition) is 3. The molecule has 0 saturated carbocycles. The number of phenolic OH excluding ortho intramolecular Hbond substituents is 1. The van der Waals surface area contributed by atoms with Gasteiger partial charge >= 0.3 is 0 Å². The number of nitriles is 1. The van der Waals surface area contributed by atoms with E-state index >= 15 is 0 Å². The average molecular weight is 283 g/mol. The van der Waals surface area contributed by atoms with Crippen LogP contribution in [0.3, 0.4) is 0 Å². The number of rotatable bonds is 3. The van der Waals surface area contributed by atoms with Crippen LogP contribution in [0.25, 0.3) is 0 Å². The zero-order valence-corrected chi connectivity index (χ0v) is 10.3. The highest BCUT2D eigenvalue weighted by atomic mass is 79.9. The summed E-state index contributed by atoms with van der Waals surface area (Å²) in [5, 5.41) is 20.7. The summed E-state index contributed by atoms with van der Waals surface area (Å²) in [6.07, 6.45) is 0.525. The first kappa shape index (κ1) is 12.5. The van der Waals surface area contributed by atoms with E-state index in [0.29, 0.717) is 10.9 Å². The number of nitrogens with one attached hydrogen (secondary N) is 1. The molecule has 1 amide bonds. The van der Waals surface area contributed by atoms with Gasteiger partial charge in [-0.3, -0.25) is 4.79 Å². The summed E-state index contributed by atoms with van der Waals surface area (Å²) in [4.78, 5) is 11.7. The summed E-state index contributed by atoms with van der Waals surface area (Å²) >= 11 is 3.21. The Balaban J connectivity index is 2.89. The molecule has 0 spiro atoms. The SMILES string of the molecule is CCC(C#N)NC(=O)c1cc(Br)ccc1O. The maximum Gasteiger partial charge on any atom is 0.256 e. The molecule has 84 valence electrons. The number of carbonyl (C=O) groups excluding carboxylic acids is 1. The van der Waals surface area contributed by atoms with Crippen LogP contribution in [0.2, 0.25) is 0 Å². The van der Waals surface area contributed by atoms with Gasteiger partial charge in [-0.15, -0.1) is 0 Å². The molecule has 1 atom stereocenters. The quantitative estimate of drug-likeness (QED) is 0.893. The number of carbonyl (C=O) groups is 1. The molecule has 16 heavy (non-hydrogen) atoms. The fourth-order valence-corrected chi connectivity index (χ4v) is 1.51. The van der Waals surface area contributed by atoms with Crippen LogP contribution >= 0.6 is 15.9 Å². The van der Waals surface area contributed by atoms with Crippen LogP contribution in [0.4, 0.5) is 0 Å². The topological polar surface area (TPSA) is 73.1 Å². The molecule has 0 aliphatic carbocycles. The number of hydrogen-bond donors (Lipinski definition) is 2. The van der Waals surface area contributed by atoms with Gasteiger partial charge in [-0.2, -0.15) is 5.26 Å². The van der Waals surface area contributed by atoms with Gasteiger partial charge in [0.05, 0.1) is 11.6 Å². The highest BCUT2D eigenvalue weighted by molar-refractivity contribution is 9.10. The molecular formula is C11H11BrN2O2. The Labute approximate surface area is 102 Å². The largest absolute Gasteiger partial charge is 0.507 e. The summed E-state index contributed by atoms with van der Waals surface area (Å²) in [6.45, 7) is 1.80. The van der Waals surface area contributed by atoms with Crippen molar-refractivity contribution in [1.29, 1.82) is 5.26 Å². The molecule has 0 fully saturated rings. The number of halogens is 1. The first-order valence-corrected chi connectivity index (χ1v) is 5.56. The van der Waals surface area contributed by atoms with Crippen LogP contribution in [0.15, 0.2) is 22.7 Å². The smallest absolute Gasteiger partial charge is 0.256 e. The van der Waals surface area contributed by atoms with Crippen molar-refractivity contribution in [1.82, 2.24) is 5.32 Å². The molecule has 1 rings (SSSR count). The van der Waals surface area contributed by atoms with Gasteiger partial charge in [0.2, 0.25) is 0 Å². The van der Waals surface area contributed by atoms with Gasteiger partial charge in [0.1, 0.15) is 11.8 Å². The molecule has 1 unspecified atom stereocenters. The Hall–Kier alpha value is -1.54. The van der Waals surface area contributed by atoms with Gasteiger partial charge in [-0.25, -0.2) is 0 Å². The molecule has 0 bridgehead atoms. The lowest BCUT2D eigenvalue weighted by atomic mass is 10.1. The maximum absolute atomic E-state index is 11.7. The Morgan fingerprint density at radius 1 is 1.69 bits per heavy atom. The van der Waals surface area contributed by atoms with Gasteiger partial charge < -0.3 is 10.4 Å². The van der Waals surface area contributed by atoms with E-state index in [4.69, 9.17) is 5.26 Å². The second-order valence-electron chi connectivity index (χ2n) is 3.22. The monoisotopic (exact) mass is 282 g/mol. The van der Waals surface area contributed by atoms with Gasteiger partial charge in [0.15, 0.2) is 0 Å². The van der Waals surface area contributed by atoms with Crippen LogP contribution in [0.1, 0.15) is 23.7 Å². The van der Waals surface area contributed by atoms with E-state index in [9.17, 15) is 9.90 Å². The number of amides is 1. The van der Waals surface area contributed by atoms with Gasteiger partial charge in [-0.05, 0) is 24.6 Å². The summed E-state index contributed by atoms with van der Waals surface area (Å²) in [5.41, 5.74) is 0.156. The second kappa shape index (κ2) is 5.52. The molecule has 0 heterocycles. The van der Waals surface area contributed by atoms with E-state index in [1.807, 2.05) is 6.07 Å². The van der Waals surface area contributed by atoms with Crippen LogP contribution < -0.4 is 5.32 Å². The van der Waals surface area contributed by atoms with E-state index in [-0.39, 0.29) is 11.3 Å². The summed E-state index contributed by atoms with van der Waals surface area (Å²) in [7, 11) is 0. The van der Waals surface area contributed by atoms with E-state index in [0.717, 1.165) is 0 Å². The molecule has 0 aliphatic heterocycles. The van der Waals surface area contributed by atoms with E-state index in [1.54, 1.807) is 13.0 Å². The lowest BCUT2D eigenvalue weighted by Gasteiger charge is -2.10. The number of benzene rings is 1. The molecule has 0 saturated heterocycles. The van der Waals surface area contributed by atoms with Gasteiger partial charge in [0.25, 0.3) is 5.91 Å². The molecule has 0 aromatic heterocycles. The summed E-state index contributed by atoms with van der Waals surface area (Å²) in [5.74, 6) is -0.555. The highest BCUT2D eigenvalue weighted by Gasteiger charge is 2.14. The molecule has 4 nitrogen and oxygen atoms in total. The standard InChI is InChI=1S/C11H11BrN2O2/c1-2-8(6-13)14-11(16)9-5-7(12)3-4-10(9)15/h3-5,8,15H,2H2,1H3,(H,14,16). The van der Waals surface area contributed by atoms with Crippen LogP contribution in [0, 0.1) is 11.3 Å². The third kappa shape index (κ3) is 2.97. The third-order valence-electron chi connectivity index (χ3n) is 2.07. The minimum Gasteiger partial charge on any atom is -0.507 e. The molecular weight excluding hydrogens is 272 g/mol. The van der Waals surface area contributed by atoms with Crippen LogP contribution in [-0.4, -0.2) is 17.1 Å². The highest BCUT2D eigenvalue weighted by Crippen LogP contribution is 2.21. The maximum atomic E-state index is 11.7. The normalized spacial score (nSPS) is 11.6. The van der Waals surface area contributed by atoms with Crippen molar-refractivity contribution in [3.8, 4) is 11.8 Å². The Morgan fingerprint density at radius 3 is 2.94 bits per heavy atom. The predicted molar refractivity (Wildman–Crippen MR) is 63.0 cm³/mol. The first-order chi connectivity index (χ1) is 7.58. The first-order valence-electron chi connectivity index (χ1n) is 4.77. The molecule has 0 aliphatic rings. The van der Waals surface area contributed by atoms with Gasteiger partial charge in [0, 0.05) is 4.47 Å². The van der Waals surface area contributed by atoms with E-state index in [1.165, 1.54) is 12.1 Å². The zero-order chi connectivity index (χ0) is 12.1. The number of phenols is 1. The summed E-state index contributed by atoms with van der Waals surface area (Å²) in [6, 6.07) is 5.99. The molecule has 5 heteroatoms. The molecule has 2 N–H and O–H groups in total. The predicted octanol–water partition coefficient (Wildman–Crippen LogP) is 2.19. The minimum atomic E-state index is -0.536. The van der Waals surface area contributed by atoms with Crippen molar-refractivity contribution < 1.29 is 9.90 Å². The number of aromatic hydroxyl groups is 1. The Kier molecular flexibility index (Phi) is 4.32. The lowest BCUT2D eigenvalue weighted by molar-refractivity contribution is 0.0942. The lowest BCUT2D eigenvalue weighted by Crippen LogP contribution is -2.33. The van der Waals surface area contributed by atoms with Crippen molar-refractivity contribution in [2.75, 3.05) is 0 Å². The zero-order valence-electron chi connectivity index (χ0n) is 8.70.